The maximum Gasteiger partial charge on any atom is 0.106 e. The summed E-state index contributed by atoms with van der Waals surface area (Å²) in [6.07, 6.45) is 1.13. The fourth-order valence-electron chi connectivity index (χ4n) is 2.76. The van der Waals surface area contributed by atoms with Crippen LogP contribution in [-0.4, -0.2) is 7.05 Å². The van der Waals surface area contributed by atoms with E-state index in [0.29, 0.717) is 5.92 Å². The number of nitrogens with one attached hydrogen (secondary N) is 1. The normalized spacial score (nSPS) is 12.9. The molecule has 0 bridgehead atoms. The lowest BCUT2D eigenvalue weighted by molar-refractivity contribution is 0.497. The molecule has 1 aromatic carbocycles. The van der Waals surface area contributed by atoms with Crippen molar-refractivity contribution in [3.05, 3.63) is 58.5 Å². The molecule has 0 saturated heterocycles. The lowest BCUT2D eigenvalue weighted by atomic mass is 9.96. The number of furan rings is 1. The first-order chi connectivity index (χ1) is 9.51. The second-order valence-corrected chi connectivity index (χ2v) is 5.93. The van der Waals surface area contributed by atoms with Gasteiger partial charge < -0.3 is 9.73 Å². The highest BCUT2D eigenvalue weighted by atomic mass is 16.3. The van der Waals surface area contributed by atoms with Crippen LogP contribution in [0, 0.1) is 19.8 Å². The van der Waals surface area contributed by atoms with E-state index >= 15 is 0 Å². The molecule has 0 radical (unpaired) electrons. The van der Waals surface area contributed by atoms with Crippen molar-refractivity contribution in [3.8, 4) is 0 Å². The van der Waals surface area contributed by atoms with Gasteiger partial charge in [-0.3, -0.25) is 0 Å². The summed E-state index contributed by atoms with van der Waals surface area (Å²) in [4.78, 5) is 0. The van der Waals surface area contributed by atoms with Gasteiger partial charge in [-0.1, -0.05) is 38.1 Å². The lowest BCUT2D eigenvalue weighted by Crippen LogP contribution is -2.17. The first-order valence-corrected chi connectivity index (χ1v) is 7.34. The van der Waals surface area contributed by atoms with Gasteiger partial charge >= 0.3 is 0 Å². The molecule has 20 heavy (non-hydrogen) atoms. The lowest BCUT2D eigenvalue weighted by Gasteiger charge is -2.17. The first kappa shape index (κ1) is 14.9. The molecule has 0 spiro atoms. The van der Waals surface area contributed by atoms with Crippen molar-refractivity contribution in [3.63, 3.8) is 0 Å². The minimum Gasteiger partial charge on any atom is -0.466 e. The standard InChI is InChI=1S/C18H25NO/c1-12(2)10-15-6-8-16(9-7-15)18(19-5)17-11-13(3)20-14(17)4/h6-9,11-12,18-19H,10H2,1-5H3. The van der Waals surface area contributed by atoms with E-state index in [4.69, 9.17) is 4.42 Å². The topological polar surface area (TPSA) is 25.2 Å². The number of benzene rings is 1. The summed E-state index contributed by atoms with van der Waals surface area (Å²) in [5.41, 5.74) is 3.91. The van der Waals surface area contributed by atoms with Crippen LogP contribution in [0.25, 0.3) is 0 Å². The molecule has 1 aromatic heterocycles. The van der Waals surface area contributed by atoms with Crippen LogP contribution < -0.4 is 5.32 Å². The Balaban J connectivity index is 2.26. The highest BCUT2D eigenvalue weighted by molar-refractivity contribution is 5.35. The third-order valence-corrected chi connectivity index (χ3v) is 3.64. The SMILES string of the molecule is CNC(c1ccc(CC(C)C)cc1)c1cc(C)oc1C. The summed E-state index contributed by atoms with van der Waals surface area (Å²) >= 11 is 0. The Labute approximate surface area is 122 Å². The molecule has 108 valence electrons. The minimum atomic E-state index is 0.195. The molecule has 1 N–H and O–H groups in total. The van der Waals surface area contributed by atoms with E-state index in [2.05, 4.69) is 49.5 Å². The van der Waals surface area contributed by atoms with Gasteiger partial charge in [-0.05, 0) is 50.4 Å². The Bertz CT molecular complexity index is 551. The molecule has 1 heterocycles. The summed E-state index contributed by atoms with van der Waals surface area (Å²) in [7, 11) is 1.99. The molecule has 0 saturated carbocycles. The van der Waals surface area contributed by atoms with Gasteiger partial charge in [-0.2, -0.15) is 0 Å². The van der Waals surface area contributed by atoms with Crippen LogP contribution in [0.4, 0.5) is 0 Å². The first-order valence-electron chi connectivity index (χ1n) is 7.34. The highest BCUT2D eigenvalue weighted by Gasteiger charge is 2.17. The Hall–Kier alpha value is -1.54. The van der Waals surface area contributed by atoms with Crippen LogP contribution >= 0.6 is 0 Å². The maximum atomic E-state index is 5.66. The monoisotopic (exact) mass is 271 g/mol. The average molecular weight is 271 g/mol. The average Bonchev–Trinajstić information content (AvgIpc) is 2.71. The zero-order valence-electron chi connectivity index (χ0n) is 13.2. The fraction of sp³-hybridized carbons (Fsp3) is 0.444. The summed E-state index contributed by atoms with van der Waals surface area (Å²) in [5.74, 6) is 2.65. The van der Waals surface area contributed by atoms with Gasteiger partial charge in [0, 0.05) is 5.56 Å². The minimum absolute atomic E-state index is 0.195. The van der Waals surface area contributed by atoms with Gasteiger partial charge in [0.2, 0.25) is 0 Å². The van der Waals surface area contributed by atoms with E-state index in [1.807, 2.05) is 20.9 Å². The zero-order chi connectivity index (χ0) is 14.7. The van der Waals surface area contributed by atoms with E-state index in [9.17, 15) is 0 Å². The Morgan fingerprint density at radius 3 is 2.20 bits per heavy atom. The Morgan fingerprint density at radius 2 is 1.75 bits per heavy atom. The van der Waals surface area contributed by atoms with Crippen molar-refractivity contribution >= 4 is 0 Å². The van der Waals surface area contributed by atoms with E-state index in [-0.39, 0.29) is 6.04 Å². The van der Waals surface area contributed by atoms with Crippen molar-refractivity contribution in [1.82, 2.24) is 5.32 Å². The number of aryl methyl sites for hydroxylation is 2. The van der Waals surface area contributed by atoms with Gasteiger partial charge in [-0.15, -0.1) is 0 Å². The van der Waals surface area contributed by atoms with E-state index in [1.165, 1.54) is 16.7 Å². The molecule has 2 nitrogen and oxygen atoms in total. The third-order valence-electron chi connectivity index (χ3n) is 3.64. The molecule has 0 aliphatic carbocycles. The molecule has 2 rings (SSSR count). The van der Waals surface area contributed by atoms with Crippen molar-refractivity contribution in [2.24, 2.45) is 5.92 Å². The van der Waals surface area contributed by atoms with Gasteiger partial charge in [0.15, 0.2) is 0 Å². The van der Waals surface area contributed by atoms with Crippen LogP contribution in [0.5, 0.6) is 0 Å². The molecule has 0 aliphatic heterocycles. The number of rotatable bonds is 5. The number of hydrogen-bond donors (Lipinski definition) is 1. The largest absolute Gasteiger partial charge is 0.466 e. The quantitative estimate of drug-likeness (QED) is 0.871. The van der Waals surface area contributed by atoms with Crippen molar-refractivity contribution in [1.29, 1.82) is 0 Å². The summed E-state index contributed by atoms with van der Waals surface area (Å²) in [6.45, 7) is 8.53. The fourth-order valence-corrected chi connectivity index (χ4v) is 2.76. The summed E-state index contributed by atoms with van der Waals surface area (Å²) in [6, 6.07) is 11.2. The molecule has 1 atom stereocenters. The third kappa shape index (κ3) is 3.31. The maximum absolute atomic E-state index is 5.66. The van der Waals surface area contributed by atoms with Gasteiger partial charge in [-0.25, -0.2) is 0 Å². The highest BCUT2D eigenvalue weighted by Crippen LogP contribution is 2.27. The van der Waals surface area contributed by atoms with Gasteiger partial charge in [0.25, 0.3) is 0 Å². The zero-order valence-corrected chi connectivity index (χ0v) is 13.2. The summed E-state index contributed by atoms with van der Waals surface area (Å²) < 4.78 is 5.66. The van der Waals surface area contributed by atoms with Gasteiger partial charge in [0.05, 0.1) is 6.04 Å². The second-order valence-electron chi connectivity index (χ2n) is 5.93. The van der Waals surface area contributed by atoms with Crippen molar-refractivity contribution in [2.75, 3.05) is 7.05 Å². The van der Waals surface area contributed by atoms with Crippen molar-refractivity contribution < 1.29 is 4.42 Å². The molecule has 1 unspecified atom stereocenters. The Kier molecular flexibility index (Phi) is 4.66. The predicted octanol–water partition coefficient (Wildman–Crippen LogP) is 4.40. The Morgan fingerprint density at radius 1 is 1.10 bits per heavy atom. The van der Waals surface area contributed by atoms with Crippen LogP contribution in [0.2, 0.25) is 0 Å². The molecule has 0 fully saturated rings. The molecular formula is C18H25NO. The molecule has 0 amide bonds. The molecular weight excluding hydrogens is 246 g/mol. The smallest absolute Gasteiger partial charge is 0.106 e. The van der Waals surface area contributed by atoms with Gasteiger partial charge in [0.1, 0.15) is 11.5 Å². The molecule has 2 aromatic rings. The molecule has 0 aliphatic rings. The van der Waals surface area contributed by atoms with Crippen LogP contribution in [0.1, 0.15) is 48.1 Å². The van der Waals surface area contributed by atoms with Crippen LogP contribution in [0.15, 0.2) is 34.7 Å². The van der Waals surface area contributed by atoms with E-state index in [0.717, 1.165) is 17.9 Å². The van der Waals surface area contributed by atoms with Crippen LogP contribution in [-0.2, 0) is 6.42 Å². The number of hydrogen-bond acceptors (Lipinski definition) is 2. The van der Waals surface area contributed by atoms with E-state index in [1.54, 1.807) is 0 Å². The van der Waals surface area contributed by atoms with Crippen LogP contribution in [0.3, 0.4) is 0 Å². The van der Waals surface area contributed by atoms with Crippen molar-refractivity contribution in [2.45, 2.75) is 40.2 Å². The summed E-state index contributed by atoms with van der Waals surface area (Å²) in [5, 5.41) is 3.39. The molecule has 2 heteroatoms. The second kappa shape index (κ2) is 6.27. The predicted molar refractivity (Wildman–Crippen MR) is 84.1 cm³/mol. The van der Waals surface area contributed by atoms with E-state index < -0.39 is 0 Å².